The number of halogens is 3. The van der Waals surface area contributed by atoms with E-state index in [4.69, 9.17) is 4.74 Å². The predicted molar refractivity (Wildman–Crippen MR) is 87.3 cm³/mol. The van der Waals surface area contributed by atoms with Crippen LogP contribution in [0, 0.1) is 19.7 Å². The Balaban J connectivity index is 2.55. The van der Waals surface area contributed by atoms with Gasteiger partial charge in [0.2, 0.25) is 0 Å². The van der Waals surface area contributed by atoms with Gasteiger partial charge >= 0.3 is 0 Å². The standard InChI is InChI=1S/C16H15Br2FO/c1-9-4-5-10(2)11(6-9)16(18)12-7-13(17)14(19)8-15(12)20-3/h4-8,16H,1-3H3. The average molecular weight is 402 g/mol. The highest BCUT2D eigenvalue weighted by Crippen LogP contribution is 2.40. The van der Waals surface area contributed by atoms with Crippen LogP contribution in [0.3, 0.4) is 0 Å². The predicted octanol–water partition coefficient (Wildman–Crippen LogP) is 5.70. The summed E-state index contributed by atoms with van der Waals surface area (Å²) in [5, 5.41) is 0. The summed E-state index contributed by atoms with van der Waals surface area (Å²) in [4.78, 5) is -0.0470. The largest absolute Gasteiger partial charge is 0.496 e. The van der Waals surface area contributed by atoms with Crippen molar-refractivity contribution in [2.45, 2.75) is 18.7 Å². The van der Waals surface area contributed by atoms with Gasteiger partial charge in [0.1, 0.15) is 11.6 Å². The highest BCUT2D eigenvalue weighted by Gasteiger charge is 2.19. The lowest BCUT2D eigenvalue weighted by atomic mass is 9.98. The highest BCUT2D eigenvalue weighted by atomic mass is 79.9. The van der Waals surface area contributed by atoms with Crippen LogP contribution in [0.4, 0.5) is 4.39 Å². The van der Waals surface area contributed by atoms with E-state index in [0.29, 0.717) is 10.2 Å². The number of alkyl halides is 1. The molecule has 1 unspecified atom stereocenters. The third kappa shape index (κ3) is 3.07. The summed E-state index contributed by atoms with van der Waals surface area (Å²) in [6.07, 6.45) is 0. The molecule has 0 aliphatic rings. The topological polar surface area (TPSA) is 9.23 Å². The van der Waals surface area contributed by atoms with Crippen LogP contribution in [0.1, 0.15) is 27.1 Å². The minimum Gasteiger partial charge on any atom is -0.496 e. The molecule has 1 nitrogen and oxygen atoms in total. The van der Waals surface area contributed by atoms with E-state index in [2.05, 4.69) is 63.9 Å². The number of aryl methyl sites for hydroxylation is 2. The molecule has 0 amide bonds. The van der Waals surface area contributed by atoms with E-state index in [1.165, 1.54) is 17.2 Å². The van der Waals surface area contributed by atoms with Crippen LogP contribution in [0.5, 0.6) is 5.75 Å². The number of benzene rings is 2. The Bertz CT molecular complexity index is 641. The average Bonchev–Trinajstić information content (AvgIpc) is 2.43. The Morgan fingerprint density at radius 2 is 1.80 bits per heavy atom. The van der Waals surface area contributed by atoms with Crippen LogP contribution in [0.2, 0.25) is 0 Å². The first kappa shape index (κ1) is 15.5. The minimum absolute atomic E-state index is 0.0470. The van der Waals surface area contributed by atoms with Gasteiger partial charge in [0.05, 0.1) is 16.4 Å². The Kier molecular flexibility index (Phi) is 4.86. The second-order valence-electron chi connectivity index (χ2n) is 4.73. The van der Waals surface area contributed by atoms with Gasteiger partial charge in [-0.15, -0.1) is 0 Å². The van der Waals surface area contributed by atoms with Crippen molar-refractivity contribution >= 4 is 31.9 Å². The zero-order valence-electron chi connectivity index (χ0n) is 11.5. The fourth-order valence-corrected chi connectivity index (χ4v) is 3.33. The summed E-state index contributed by atoms with van der Waals surface area (Å²) in [6, 6.07) is 9.46. The molecule has 4 heteroatoms. The minimum atomic E-state index is -0.328. The zero-order chi connectivity index (χ0) is 14.9. The van der Waals surface area contributed by atoms with Crippen molar-refractivity contribution in [3.63, 3.8) is 0 Å². The summed E-state index contributed by atoms with van der Waals surface area (Å²) in [7, 11) is 1.55. The first-order valence-electron chi connectivity index (χ1n) is 6.18. The molecule has 0 bridgehead atoms. The van der Waals surface area contributed by atoms with E-state index >= 15 is 0 Å². The molecule has 0 saturated heterocycles. The molecule has 2 rings (SSSR count). The summed E-state index contributed by atoms with van der Waals surface area (Å²) < 4.78 is 19.3. The molecule has 0 fully saturated rings. The molecule has 106 valence electrons. The van der Waals surface area contributed by atoms with Crippen molar-refractivity contribution in [1.82, 2.24) is 0 Å². The van der Waals surface area contributed by atoms with Gasteiger partial charge in [0.15, 0.2) is 0 Å². The molecular weight excluding hydrogens is 387 g/mol. The fraction of sp³-hybridized carbons (Fsp3) is 0.250. The number of methoxy groups -OCH3 is 1. The Hall–Kier alpha value is -0.870. The molecule has 0 N–H and O–H groups in total. The summed E-state index contributed by atoms with van der Waals surface area (Å²) in [5.41, 5.74) is 4.42. The van der Waals surface area contributed by atoms with E-state index in [-0.39, 0.29) is 10.6 Å². The lowest BCUT2D eigenvalue weighted by molar-refractivity contribution is 0.406. The zero-order valence-corrected chi connectivity index (χ0v) is 14.7. The van der Waals surface area contributed by atoms with Gasteiger partial charge in [-0.1, -0.05) is 39.7 Å². The molecule has 0 aliphatic carbocycles. The Morgan fingerprint density at radius 3 is 2.45 bits per heavy atom. The third-order valence-corrected chi connectivity index (χ3v) is 4.85. The maximum Gasteiger partial charge on any atom is 0.141 e. The first-order chi connectivity index (χ1) is 9.43. The van der Waals surface area contributed by atoms with Crippen molar-refractivity contribution in [1.29, 1.82) is 0 Å². The van der Waals surface area contributed by atoms with Gasteiger partial charge in [-0.2, -0.15) is 0 Å². The molecule has 20 heavy (non-hydrogen) atoms. The Morgan fingerprint density at radius 1 is 1.10 bits per heavy atom. The number of hydrogen-bond acceptors (Lipinski definition) is 1. The molecule has 0 heterocycles. The smallest absolute Gasteiger partial charge is 0.141 e. The van der Waals surface area contributed by atoms with Gasteiger partial charge in [-0.3, -0.25) is 0 Å². The molecule has 2 aromatic carbocycles. The molecule has 0 aliphatic heterocycles. The van der Waals surface area contributed by atoms with Crippen LogP contribution in [0.25, 0.3) is 0 Å². The lowest BCUT2D eigenvalue weighted by Crippen LogP contribution is -2.01. The van der Waals surface area contributed by atoms with Crippen molar-refractivity contribution in [3.8, 4) is 5.75 Å². The maximum absolute atomic E-state index is 13.6. The monoisotopic (exact) mass is 400 g/mol. The van der Waals surface area contributed by atoms with E-state index in [9.17, 15) is 4.39 Å². The summed E-state index contributed by atoms with van der Waals surface area (Å²) in [6.45, 7) is 4.12. The third-order valence-electron chi connectivity index (χ3n) is 3.25. The molecule has 0 spiro atoms. The molecule has 0 radical (unpaired) electrons. The van der Waals surface area contributed by atoms with Crippen molar-refractivity contribution < 1.29 is 9.13 Å². The SMILES string of the molecule is COc1cc(F)c(Br)cc1C(Br)c1cc(C)ccc1C. The van der Waals surface area contributed by atoms with Gasteiger partial charge in [0, 0.05) is 11.6 Å². The quantitative estimate of drug-likeness (QED) is 0.599. The molecule has 2 aromatic rings. The molecular formula is C16H15Br2FO. The highest BCUT2D eigenvalue weighted by molar-refractivity contribution is 9.10. The van der Waals surface area contributed by atoms with Gasteiger partial charge in [-0.25, -0.2) is 4.39 Å². The van der Waals surface area contributed by atoms with Crippen molar-refractivity contribution in [2.75, 3.05) is 7.11 Å². The lowest BCUT2D eigenvalue weighted by Gasteiger charge is -2.18. The van der Waals surface area contributed by atoms with Gasteiger partial charge in [0.25, 0.3) is 0 Å². The molecule has 0 saturated carbocycles. The van der Waals surface area contributed by atoms with Gasteiger partial charge < -0.3 is 4.74 Å². The van der Waals surface area contributed by atoms with E-state index in [1.807, 2.05) is 0 Å². The number of hydrogen-bond donors (Lipinski definition) is 0. The molecule has 0 aromatic heterocycles. The van der Waals surface area contributed by atoms with E-state index < -0.39 is 0 Å². The van der Waals surface area contributed by atoms with Crippen LogP contribution < -0.4 is 4.74 Å². The second-order valence-corrected chi connectivity index (χ2v) is 6.50. The number of rotatable bonds is 3. The molecule has 1 atom stereocenters. The van der Waals surface area contributed by atoms with E-state index in [0.717, 1.165) is 11.1 Å². The van der Waals surface area contributed by atoms with Crippen LogP contribution >= 0.6 is 31.9 Å². The van der Waals surface area contributed by atoms with Crippen LogP contribution in [0.15, 0.2) is 34.8 Å². The van der Waals surface area contributed by atoms with Gasteiger partial charge in [-0.05, 0) is 47.0 Å². The normalized spacial score (nSPS) is 12.3. The van der Waals surface area contributed by atoms with Crippen LogP contribution in [-0.2, 0) is 0 Å². The Labute approximate surface area is 135 Å². The fourth-order valence-electron chi connectivity index (χ4n) is 2.12. The van der Waals surface area contributed by atoms with Crippen molar-refractivity contribution in [2.24, 2.45) is 0 Å². The number of ether oxygens (including phenoxy) is 1. The maximum atomic E-state index is 13.6. The van der Waals surface area contributed by atoms with Crippen LogP contribution in [-0.4, -0.2) is 7.11 Å². The van der Waals surface area contributed by atoms with E-state index in [1.54, 1.807) is 13.2 Å². The summed E-state index contributed by atoms with van der Waals surface area (Å²) >= 11 is 6.94. The summed E-state index contributed by atoms with van der Waals surface area (Å²) in [5.74, 6) is 0.208. The first-order valence-corrected chi connectivity index (χ1v) is 7.89. The second kappa shape index (κ2) is 6.27. The van der Waals surface area contributed by atoms with Crippen molar-refractivity contribution in [3.05, 3.63) is 62.9 Å².